The van der Waals surface area contributed by atoms with Crippen LogP contribution in [0.3, 0.4) is 0 Å². The highest BCUT2D eigenvalue weighted by atomic mass is 32.1. The Labute approximate surface area is 132 Å². The van der Waals surface area contributed by atoms with E-state index >= 15 is 0 Å². The van der Waals surface area contributed by atoms with Gasteiger partial charge in [-0.2, -0.15) is 16.3 Å². The molecule has 0 aromatic carbocycles. The molecule has 1 amide bonds. The minimum Gasteiger partial charge on any atom is -0.380 e. The number of aromatic nitrogens is 2. The third-order valence-corrected chi connectivity index (χ3v) is 5.35. The zero-order chi connectivity index (χ0) is 15.2. The fraction of sp³-hybridized carbons (Fsp3) is 0.533. The van der Waals surface area contributed by atoms with Crippen LogP contribution >= 0.6 is 11.3 Å². The Morgan fingerprint density at radius 2 is 2.50 bits per heavy atom. The Kier molecular flexibility index (Phi) is 3.27. The number of hydrogen-bond acceptors (Lipinski definition) is 6. The lowest BCUT2D eigenvalue weighted by Crippen LogP contribution is -2.38. The summed E-state index contributed by atoms with van der Waals surface area (Å²) in [6.45, 7) is 4.29. The van der Waals surface area contributed by atoms with E-state index in [1.807, 2.05) is 28.7 Å². The molecule has 2 aromatic rings. The van der Waals surface area contributed by atoms with Gasteiger partial charge in [-0.1, -0.05) is 5.16 Å². The van der Waals surface area contributed by atoms with Gasteiger partial charge in [-0.3, -0.25) is 4.79 Å². The maximum absolute atomic E-state index is 12.5. The lowest BCUT2D eigenvalue weighted by Gasteiger charge is -2.22. The third kappa shape index (κ3) is 2.16. The highest BCUT2D eigenvalue weighted by Gasteiger charge is 2.56. The van der Waals surface area contributed by atoms with Gasteiger partial charge in [0.15, 0.2) is 5.82 Å². The third-order valence-electron chi connectivity index (χ3n) is 4.62. The molecule has 4 heterocycles. The van der Waals surface area contributed by atoms with Crippen LogP contribution in [0.4, 0.5) is 0 Å². The van der Waals surface area contributed by atoms with E-state index in [-0.39, 0.29) is 17.2 Å². The lowest BCUT2D eigenvalue weighted by atomic mass is 9.81. The van der Waals surface area contributed by atoms with Gasteiger partial charge in [0, 0.05) is 19.0 Å². The SMILES string of the molecule is Cc1noc([C@]23COC[C@H]2CN(C(=O)Cc2ccsc2)C3)n1. The van der Waals surface area contributed by atoms with Crippen molar-refractivity contribution in [2.75, 3.05) is 26.3 Å². The van der Waals surface area contributed by atoms with E-state index in [9.17, 15) is 4.79 Å². The van der Waals surface area contributed by atoms with Gasteiger partial charge in [-0.15, -0.1) is 0 Å². The maximum Gasteiger partial charge on any atom is 0.237 e. The second kappa shape index (κ2) is 5.17. The molecule has 0 spiro atoms. The Hall–Kier alpha value is -1.73. The fourth-order valence-electron chi connectivity index (χ4n) is 3.41. The molecule has 0 saturated carbocycles. The van der Waals surface area contributed by atoms with Gasteiger partial charge in [-0.25, -0.2) is 0 Å². The van der Waals surface area contributed by atoms with Gasteiger partial charge in [-0.05, 0) is 29.3 Å². The van der Waals surface area contributed by atoms with Crippen LogP contribution in [0.1, 0.15) is 17.3 Å². The second-order valence-electron chi connectivity index (χ2n) is 6.10. The average molecular weight is 319 g/mol. The molecule has 0 N–H and O–H groups in total. The Morgan fingerprint density at radius 1 is 1.59 bits per heavy atom. The van der Waals surface area contributed by atoms with E-state index in [1.165, 1.54) is 0 Å². The summed E-state index contributed by atoms with van der Waals surface area (Å²) in [6, 6.07) is 2.00. The highest BCUT2D eigenvalue weighted by Crippen LogP contribution is 2.43. The summed E-state index contributed by atoms with van der Waals surface area (Å²) in [5, 5.41) is 7.92. The van der Waals surface area contributed by atoms with Crippen LogP contribution in [0.15, 0.2) is 21.3 Å². The maximum atomic E-state index is 12.5. The van der Waals surface area contributed by atoms with Crippen molar-refractivity contribution in [2.24, 2.45) is 5.92 Å². The van der Waals surface area contributed by atoms with Crippen molar-refractivity contribution in [1.29, 1.82) is 0 Å². The number of ether oxygens (including phenoxy) is 1. The lowest BCUT2D eigenvalue weighted by molar-refractivity contribution is -0.130. The van der Waals surface area contributed by atoms with E-state index in [2.05, 4.69) is 10.1 Å². The second-order valence-corrected chi connectivity index (χ2v) is 6.88. The predicted molar refractivity (Wildman–Crippen MR) is 79.6 cm³/mol. The first kappa shape index (κ1) is 13.9. The van der Waals surface area contributed by atoms with Crippen molar-refractivity contribution >= 4 is 17.2 Å². The zero-order valence-electron chi connectivity index (χ0n) is 12.3. The van der Waals surface area contributed by atoms with Crippen molar-refractivity contribution < 1.29 is 14.1 Å². The van der Waals surface area contributed by atoms with Crippen LogP contribution in [0.25, 0.3) is 0 Å². The van der Waals surface area contributed by atoms with Gasteiger partial charge < -0.3 is 14.2 Å². The van der Waals surface area contributed by atoms with Crippen molar-refractivity contribution in [2.45, 2.75) is 18.8 Å². The molecule has 2 aliphatic heterocycles. The molecule has 2 aromatic heterocycles. The first-order valence-electron chi connectivity index (χ1n) is 7.35. The summed E-state index contributed by atoms with van der Waals surface area (Å²) >= 11 is 1.62. The standard InChI is InChI=1S/C15H17N3O3S/c1-10-16-14(21-17-10)15-8-18(5-12(15)6-20-9-15)13(19)4-11-2-3-22-7-11/h2-3,7,12H,4-6,8-9H2,1H3/t12-,15-/m1/s1. The molecule has 6 nitrogen and oxygen atoms in total. The molecule has 0 unspecified atom stereocenters. The molecule has 0 aliphatic carbocycles. The number of carbonyl (C=O) groups excluding carboxylic acids is 1. The minimum atomic E-state index is -0.328. The number of carbonyl (C=O) groups is 1. The summed E-state index contributed by atoms with van der Waals surface area (Å²) in [7, 11) is 0. The molecule has 116 valence electrons. The van der Waals surface area contributed by atoms with E-state index in [0.29, 0.717) is 44.4 Å². The first-order valence-corrected chi connectivity index (χ1v) is 8.29. The smallest absolute Gasteiger partial charge is 0.237 e. The van der Waals surface area contributed by atoms with E-state index < -0.39 is 0 Å². The van der Waals surface area contributed by atoms with Crippen molar-refractivity contribution in [3.63, 3.8) is 0 Å². The Bertz CT molecular complexity index is 684. The first-order chi connectivity index (χ1) is 10.7. The van der Waals surface area contributed by atoms with Crippen LogP contribution in [-0.4, -0.2) is 47.3 Å². The molecular weight excluding hydrogens is 302 g/mol. The summed E-state index contributed by atoms with van der Waals surface area (Å²) in [6.07, 6.45) is 0.454. The number of thiophene rings is 1. The molecule has 2 aliphatic rings. The topological polar surface area (TPSA) is 68.5 Å². The van der Waals surface area contributed by atoms with E-state index in [1.54, 1.807) is 11.3 Å². The number of hydrogen-bond donors (Lipinski definition) is 0. The molecule has 2 atom stereocenters. The number of nitrogens with zero attached hydrogens (tertiary/aromatic N) is 3. The van der Waals surface area contributed by atoms with Gasteiger partial charge in [0.05, 0.1) is 25.0 Å². The predicted octanol–water partition coefficient (Wildman–Crippen LogP) is 1.41. The summed E-state index contributed by atoms with van der Waals surface area (Å²) in [4.78, 5) is 18.9. The molecular formula is C15H17N3O3S. The molecule has 0 radical (unpaired) electrons. The zero-order valence-corrected chi connectivity index (χ0v) is 13.1. The summed E-state index contributed by atoms with van der Waals surface area (Å²) in [5.41, 5.74) is 0.747. The average Bonchev–Trinajstić information content (AvgIpc) is 3.19. The Balaban J connectivity index is 1.55. The van der Waals surface area contributed by atoms with Crippen LogP contribution in [0.2, 0.25) is 0 Å². The molecule has 0 bridgehead atoms. The van der Waals surface area contributed by atoms with Crippen molar-refractivity contribution in [3.05, 3.63) is 34.1 Å². The fourth-order valence-corrected chi connectivity index (χ4v) is 4.08. The number of rotatable bonds is 3. The van der Waals surface area contributed by atoms with Gasteiger partial charge >= 0.3 is 0 Å². The van der Waals surface area contributed by atoms with Gasteiger partial charge in [0.2, 0.25) is 11.8 Å². The van der Waals surface area contributed by atoms with Crippen molar-refractivity contribution in [1.82, 2.24) is 15.0 Å². The number of fused-ring (bicyclic) bond motifs is 1. The normalized spacial score (nSPS) is 27.3. The van der Waals surface area contributed by atoms with Crippen LogP contribution in [0, 0.1) is 12.8 Å². The molecule has 4 rings (SSSR count). The molecule has 22 heavy (non-hydrogen) atoms. The molecule has 7 heteroatoms. The van der Waals surface area contributed by atoms with Crippen LogP contribution < -0.4 is 0 Å². The van der Waals surface area contributed by atoms with E-state index in [4.69, 9.17) is 9.26 Å². The number of likely N-dealkylation sites (tertiary alicyclic amines) is 1. The number of aryl methyl sites for hydroxylation is 1. The number of amides is 1. The van der Waals surface area contributed by atoms with Gasteiger partial charge in [0.1, 0.15) is 0 Å². The van der Waals surface area contributed by atoms with E-state index in [0.717, 1.165) is 5.56 Å². The molecule has 2 fully saturated rings. The quantitative estimate of drug-likeness (QED) is 0.855. The summed E-state index contributed by atoms with van der Waals surface area (Å²) < 4.78 is 11.1. The minimum absolute atomic E-state index is 0.156. The summed E-state index contributed by atoms with van der Waals surface area (Å²) in [5.74, 6) is 1.62. The molecule has 2 saturated heterocycles. The Morgan fingerprint density at radius 3 is 3.23 bits per heavy atom. The largest absolute Gasteiger partial charge is 0.380 e. The van der Waals surface area contributed by atoms with Crippen molar-refractivity contribution in [3.8, 4) is 0 Å². The monoisotopic (exact) mass is 319 g/mol. The van der Waals surface area contributed by atoms with Crippen LogP contribution in [0.5, 0.6) is 0 Å². The van der Waals surface area contributed by atoms with Gasteiger partial charge in [0.25, 0.3) is 0 Å². The highest BCUT2D eigenvalue weighted by molar-refractivity contribution is 7.07. The van der Waals surface area contributed by atoms with Crippen LogP contribution in [-0.2, 0) is 21.4 Å².